The number of carbonyl (C=O) groups excluding carboxylic acids is 1. The van der Waals surface area contributed by atoms with Crippen LogP contribution in [0.3, 0.4) is 0 Å². The van der Waals surface area contributed by atoms with E-state index in [0.717, 1.165) is 19.4 Å². The SMILES string of the molecule is CCc1onc(C)c1C(=O)N[C@@H]1CCCN(c2nccn(C)c2=O)C1. The van der Waals surface area contributed by atoms with E-state index in [1.54, 1.807) is 26.4 Å². The van der Waals surface area contributed by atoms with Gasteiger partial charge in [0.05, 0.1) is 5.69 Å². The van der Waals surface area contributed by atoms with Gasteiger partial charge in [0.15, 0.2) is 5.82 Å². The van der Waals surface area contributed by atoms with Crippen molar-refractivity contribution >= 4 is 11.7 Å². The second-order valence-electron chi connectivity index (χ2n) is 6.35. The van der Waals surface area contributed by atoms with Gasteiger partial charge >= 0.3 is 0 Å². The summed E-state index contributed by atoms with van der Waals surface area (Å²) in [5.74, 6) is 0.858. The number of anilines is 1. The Hall–Kier alpha value is -2.64. The largest absolute Gasteiger partial charge is 0.360 e. The van der Waals surface area contributed by atoms with E-state index in [1.807, 2.05) is 11.8 Å². The van der Waals surface area contributed by atoms with Gasteiger partial charge in [-0.25, -0.2) is 4.98 Å². The van der Waals surface area contributed by atoms with Crippen molar-refractivity contribution in [1.29, 1.82) is 0 Å². The molecule has 134 valence electrons. The Morgan fingerprint density at radius 3 is 3.04 bits per heavy atom. The normalized spacial score (nSPS) is 17.6. The van der Waals surface area contributed by atoms with Crippen LogP contribution in [0.1, 0.15) is 41.6 Å². The third-order valence-corrected chi connectivity index (χ3v) is 4.54. The van der Waals surface area contributed by atoms with Crippen LogP contribution in [0.5, 0.6) is 0 Å². The Kier molecular flexibility index (Phi) is 4.87. The summed E-state index contributed by atoms with van der Waals surface area (Å²) in [6, 6.07) is -0.0491. The van der Waals surface area contributed by atoms with Crippen molar-refractivity contribution in [2.45, 2.75) is 39.2 Å². The average Bonchev–Trinajstić information content (AvgIpc) is 2.98. The van der Waals surface area contributed by atoms with Crippen molar-refractivity contribution in [3.8, 4) is 0 Å². The smallest absolute Gasteiger partial charge is 0.293 e. The third kappa shape index (κ3) is 3.42. The molecule has 1 atom stereocenters. The highest BCUT2D eigenvalue weighted by Gasteiger charge is 2.27. The summed E-state index contributed by atoms with van der Waals surface area (Å²) in [5.41, 5.74) is 0.992. The van der Waals surface area contributed by atoms with E-state index in [-0.39, 0.29) is 17.5 Å². The predicted octanol–water partition coefficient (Wildman–Crippen LogP) is 1.04. The molecule has 3 rings (SSSR count). The standard InChI is InChI=1S/C17H23N5O3/c1-4-13-14(11(2)20-25-13)16(23)19-12-6-5-8-22(10-12)15-17(24)21(3)9-7-18-15/h7,9,12H,4-6,8,10H2,1-3H3,(H,19,23)/t12-/m1/s1. The van der Waals surface area contributed by atoms with E-state index >= 15 is 0 Å². The quantitative estimate of drug-likeness (QED) is 0.890. The second-order valence-corrected chi connectivity index (χ2v) is 6.35. The maximum Gasteiger partial charge on any atom is 0.293 e. The Balaban J connectivity index is 1.74. The summed E-state index contributed by atoms with van der Waals surface area (Å²) in [6.07, 6.45) is 5.61. The molecule has 2 aromatic rings. The number of aromatic nitrogens is 3. The van der Waals surface area contributed by atoms with Crippen LogP contribution in [0.4, 0.5) is 5.82 Å². The molecule has 1 aliphatic heterocycles. The number of nitrogens with one attached hydrogen (secondary N) is 1. The molecule has 1 amide bonds. The molecule has 8 nitrogen and oxygen atoms in total. The first-order valence-corrected chi connectivity index (χ1v) is 8.53. The number of nitrogens with zero attached hydrogens (tertiary/aromatic N) is 4. The topological polar surface area (TPSA) is 93.3 Å². The summed E-state index contributed by atoms with van der Waals surface area (Å²) in [4.78, 5) is 31.1. The summed E-state index contributed by atoms with van der Waals surface area (Å²) < 4.78 is 6.71. The first kappa shape index (κ1) is 17.2. The zero-order valence-electron chi connectivity index (χ0n) is 14.8. The van der Waals surface area contributed by atoms with Gasteiger partial charge in [0.1, 0.15) is 11.3 Å². The number of hydrogen-bond donors (Lipinski definition) is 1. The Bertz CT molecular complexity index is 826. The molecule has 1 fully saturated rings. The van der Waals surface area contributed by atoms with Crippen molar-refractivity contribution in [2.75, 3.05) is 18.0 Å². The van der Waals surface area contributed by atoms with Crippen LogP contribution >= 0.6 is 0 Å². The molecule has 0 aromatic carbocycles. The first-order valence-electron chi connectivity index (χ1n) is 8.53. The molecule has 0 radical (unpaired) electrons. The molecule has 8 heteroatoms. The van der Waals surface area contributed by atoms with E-state index in [0.29, 0.717) is 35.8 Å². The van der Waals surface area contributed by atoms with Crippen molar-refractivity contribution in [2.24, 2.45) is 7.05 Å². The Labute approximate surface area is 145 Å². The first-order chi connectivity index (χ1) is 12.0. The van der Waals surface area contributed by atoms with E-state index in [9.17, 15) is 9.59 Å². The predicted molar refractivity (Wildman–Crippen MR) is 92.8 cm³/mol. The van der Waals surface area contributed by atoms with Gasteiger partial charge in [0.25, 0.3) is 11.5 Å². The highest BCUT2D eigenvalue weighted by atomic mass is 16.5. The molecule has 1 aliphatic rings. The molecule has 0 unspecified atom stereocenters. The monoisotopic (exact) mass is 345 g/mol. The molecule has 1 N–H and O–H groups in total. The minimum Gasteiger partial charge on any atom is -0.360 e. The lowest BCUT2D eigenvalue weighted by atomic mass is 10.0. The van der Waals surface area contributed by atoms with Gasteiger partial charge in [-0.15, -0.1) is 0 Å². The summed E-state index contributed by atoms with van der Waals surface area (Å²) in [5, 5.41) is 6.94. The molecular weight excluding hydrogens is 322 g/mol. The van der Waals surface area contributed by atoms with Crippen molar-refractivity contribution < 1.29 is 9.32 Å². The van der Waals surface area contributed by atoms with E-state index < -0.39 is 0 Å². The number of rotatable bonds is 4. The fraction of sp³-hybridized carbons (Fsp3) is 0.529. The molecule has 1 saturated heterocycles. The number of piperidine rings is 1. The average molecular weight is 345 g/mol. The lowest BCUT2D eigenvalue weighted by Crippen LogP contribution is -2.49. The van der Waals surface area contributed by atoms with E-state index in [2.05, 4.69) is 15.5 Å². The van der Waals surface area contributed by atoms with Crippen molar-refractivity contribution in [3.63, 3.8) is 0 Å². The van der Waals surface area contributed by atoms with Gasteiger partial charge in [-0.1, -0.05) is 12.1 Å². The minimum atomic E-state index is -0.170. The molecule has 25 heavy (non-hydrogen) atoms. The summed E-state index contributed by atoms with van der Waals surface area (Å²) in [7, 11) is 1.71. The zero-order valence-corrected chi connectivity index (χ0v) is 14.8. The summed E-state index contributed by atoms with van der Waals surface area (Å²) >= 11 is 0. The summed E-state index contributed by atoms with van der Waals surface area (Å²) in [6.45, 7) is 5.01. The lowest BCUT2D eigenvalue weighted by Gasteiger charge is -2.33. The molecule has 3 heterocycles. The fourth-order valence-corrected chi connectivity index (χ4v) is 3.20. The number of aryl methyl sites for hydroxylation is 3. The maximum atomic E-state index is 12.6. The van der Waals surface area contributed by atoms with Crippen LogP contribution in [0, 0.1) is 6.92 Å². The van der Waals surface area contributed by atoms with E-state index in [1.165, 1.54) is 4.57 Å². The van der Waals surface area contributed by atoms with E-state index in [4.69, 9.17) is 4.52 Å². The van der Waals surface area contributed by atoms with Gasteiger partial charge in [-0.3, -0.25) is 9.59 Å². The Morgan fingerprint density at radius 1 is 1.48 bits per heavy atom. The molecule has 2 aromatic heterocycles. The van der Waals surface area contributed by atoms with Gasteiger partial charge in [-0.05, 0) is 19.8 Å². The maximum absolute atomic E-state index is 12.6. The van der Waals surface area contributed by atoms with Crippen LogP contribution in [0.15, 0.2) is 21.7 Å². The lowest BCUT2D eigenvalue weighted by molar-refractivity contribution is 0.0930. The van der Waals surface area contributed by atoms with Crippen LogP contribution in [-0.4, -0.2) is 39.7 Å². The van der Waals surface area contributed by atoms with Crippen LogP contribution < -0.4 is 15.8 Å². The van der Waals surface area contributed by atoms with Crippen molar-refractivity contribution in [1.82, 2.24) is 20.0 Å². The van der Waals surface area contributed by atoms with Gasteiger partial charge in [0.2, 0.25) is 0 Å². The van der Waals surface area contributed by atoms with Crippen LogP contribution in [-0.2, 0) is 13.5 Å². The van der Waals surface area contributed by atoms with Crippen molar-refractivity contribution in [3.05, 3.63) is 39.8 Å². The second kappa shape index (κ2) is 7.08. The fourth-order valence-electron chi connectivity index (χ4n) is 3.20. The molecule has 0 saturated carbocycles. The minimum absolute atomic E-state index is 0.0491. The van der Waals surface area contributed by atoms with Crippen LogP contribution in [0.25, 0.3) is 0 Å². The number of carbonyl (C=O) groups is 1. The van der Waals surface area contributed by atoms with Gasteiger partial charge < -0.3 is 19.3 Å². The highest BCUT2D eigenvalue weighted by molar-refractivity contribution is 5.96. The van der Waals surface area contributed by atoms with Crippen LogP contribution in [0.2, 0.25) is 0 Å². The third-order valence-electron chi connectivity index (χ3n) is 4.54. The molecule has 0 aliphatic carbocycles. The highest BCUT2D eigenvalue weighted by Crippen LogP contribution is 2.17. The number of amides is 1. The zero-order chi connectivity index (χ0) is 18.0. The molecule has 0 spiro atoms. The van der Waals surface area contributed by atoms with Gasteiger partial charge in [0, 0.05) is 45.0 Å². The molecular formula is C17H23N5O3. The van der Waals surface area contributed by atoms with Gasteiger partial charge in [-0.2, -0.15) is 0 Å². The molecule has 0 bridgehead atoms. The Morgan fingerprint density at radius 2 is 2.28 bits per heavy atom. The number of hydrogen-bond acceptors (Lipinski definition) is 6.